The Bertz CT molecular complexity index is 514. The minimum atomic E-state index is -0.613. The highest BCUT2D eigenvalue weighted by atomic mass is 16.5. The second-order valence-electron chi connectivity index (χ2n) is 5.19. The van der Waals surface area contributed by atoms with Crippen LogP contribution in [0.4, 0.5) is 5.69 Å². The van der Waals surface area contributed by atoms with Gasteiger partial charge in [-0.05, 0) is 31.9 Å². The first-order valence-electron chi connectivity index (χ1n) is 7.14. The summed E-state index contributed by atoms with van der Waals surface area (Å²) in [5.41, 5.74) is 6.89. The Morgan fingerprint density at radius 1 is 1.29 bits per heavy atom. The minimum Gasteiger partial charge on any atom is -0.465 e. The van der Waals surface area contributed by atoms with Crippen LogP contribution in [0, 0.1) is 12.3 Å². The van der Waals surface area contributed by atoms with Gasteiger partial charge >= 0.3 is 5.97 Å². The van der Waals surface area contributed by atoms with Crippen LogP contribution in [0.5, 0.6) is 0 Å². The van der Waals surface area contributed by atoms with E-state index in [1.165, 1.54) is 7.11 Å². The van der Waals surface area contributed by atoms with Crippen LogP contribution in [0.15, 0.2) is 18.2 Å². The van der Waals surface area contributed by atoms with E-state index in [4.69, 9.17) is 10.5 Å². The predicted molar refractivity (Wildman–Crippen MR) is 83.2 cm³/mol. The number of hydrogen-bond acceptors (Lipinski definition) is 4. The van der Waals surface area contributed by atoms with Crippen molar-refractivity contribution in [1.82, 2.24) is 0 Å². The fourth-order valence-corrected chi connectivity index (χ4v) is 2.25. The summed E-state index contributed by atoms with van der Waals surface area (Å²) >= 11 is 0. The molecule has 0 aliphatic heterocycles. The van der Waals surface area contributed by atoms with Crippen molar-refractivity contribution >= 4 is 17.6 Å². The molecule has 0 radical (unpaired) electrons. The molecule has 1 aromatic rings. The number of aryl methyl sites for hydroxylation is 1. The van der Waals surface area contributed by atoms with Gasteiger partial charge in [-0.1, -0.05) is 25.5 Å². The van der Waals surface area contributed by atoms with Crippen LogP contribution in [0.1, 0.15) is 42.6 Å². The van der Waals surface area contributed by atoms with Crippen molar-refractivity contribution in [1.29, 1.82) is 0 Å². The fraction of sp³-hybridized carbons (Fsp3) is 0.500. The molecule has 1 aromatic carbocycles. The lowest BCUT2D eigenvalue weighted by molar-refractivity contribution is -0.125. The Morgan fingerprint density at radius 2 is 1.90 bits per heavy atom. The summed E-state index contributed by atoms with van der Waals surface area (Å²) < 4.78 is 4.76. The van der Waals surface area contributed by atoms with Crippen LogP contribution in [0.25, 0.3) is 0 Å². The lowest BCUT2D eigenvalue weighted by Crippen LogP contribution is -2.41. The fourth-order valence-electron chi connectivity index (χ4n) is 2.25. The highest BCUT2D eigenvalue weighted by molar-refractivity contribution is 6.03. The first-order chi connectivity index (χ1) is 9.93. The molecular weight excluding hydrogens is 268 g/mol. The highest BCUT2D eigenvalue weighted by Crippen LogP contribution is 2.28. The number of esters is 1. The molecule has 3 N–H and O–H groups in total. The molecule has 21 heavy (non-hydrogen) atoms. The second-order valence-corrected chi connectivity index (χ2v) is 5.19. The highest BCUT2D eigenvalue weighted by Gasteiger charge is 2.34. The van der Waals surface area contributed by atoms with Gasteiger partial charge < -0.3 is 15.8 Å². The van der Waals surface area contributed by atoms with Gasteiger partial charge in [-0.2, -0.15) is 0 Å². The zero-order valence-corrected chi connectivity index (χ0v) is 13.2. The summed E-state index contributed by atoms with van der Waals surface area (Å²) in [5.74, 6) is -0.635. The van der Waals surface area contributed by atoms with Crippen LogP contribution in [0.3, 0.4) is 0 Å². The maximum Gasteiger partial charge on any atom is 0.339 e. The zero-order valence-electron chi connectivity index (χ0n) is 13.2. The Kier molecular flexibility index (Phi) is 5.90. The second kappa shape index (κ2) is 7.22. The smallest absolute Gasteiger partial charge is 0.339 e. The molecule has 0 saturated heterocycles. The number of carbonyl (C=O) groups excluding carboxylic acids is 2. The number of benzene rings is 1. The lowest BCUT2D eigenvalue weighted by atomic mass is 9.81. The van der Waals surface area contributed by atoms with E-state index in [-0.39, 0.29) is 12.5 Å². The average Bonchev–Trinajstić information content (AvgIpc) is 2.50. The van der Waals surface area contributed by atoms with E-state index < -0.39 is 11.4 Å². The van der Waals surface area contributed by atoms with Gasteiger partial charge in [0, 0.05) is 6.54 Å². The van der Waals surface area contributed by atoms with E-state index in [9.17, 15) is 9.59 Å². The van der Waals surface area contributed by atoms with Crippen molar-refractivity contribution in [2.24, 2.45) is 11.1 Å². The molecule has 5 heteroatoms. The summed E-state index contributed by atoms with van der Waals surface area (Å²) in [4.78, 5) is 24.4. The number of ether oxygens (including phenoxy) is 1. The number of nitrogens with one attached hydrogen (secondary N) is 1. The Morgan fingerprint density at radius 3 is 2.38 bits per heavy atom. The topological polar surface area (TPSA) is 81.4 Å². The van der Waals surface area contributed by atoms with Crippen molar-refractivity contribution in [2.45, 2.75) is 33.6 Å². The van der Waals surface area contributed by atoms with E-state index in [0.717, 1.165) is 5.56 Å². The summed E-state index contributed by atoms with van der Waals surface area (Å²) in [6.45, 7) is 6.02. The standard InChI is InChI=1S/C16H24N2O3/c1-5-16(6-2,10-17)15(20)18-13-8-7-11(3)9-12(13)14(19)21-4/h7-9H,5-6,10,17H2,1-4H3,(H,18,20). The Hall–Kier alpha value is -1.88. The molecule has 5 nitrogen and oxygen atoms in total. The van der Waals surface area contributed by atoms with Crippen molar-refractivity contribution in [2.75, 3.05) is 19.0 Å². The van der Waals surface area contributed by atoms with Crippen LogP contribution in [-0.4, -0.2) is 25.5 Å². The quantitative estimate of drug-likeness (QED) is 0.789. The molecule has 0 spiro atoms. The van der Waals surface area contributed by atoms with Gasteiger partial charge in [0.15, 0.2) is 0 Å². The third-order valence-corrected chi connectivity index (χ3v) is 4.05. The van der Waals surface area contributed by atoms with Gasteiger partial charge in [-0.25, -0.2) is 4.79 Å². The molecule has 0 aliphatic rings. The van der Waals surface area contributed by atoms with Gasteiger partial charge in [0.05, 0.1) is 23.8 Å². The van der Waals surface area contributed by atoms with E-state index in [1.54, 1.807) is 12.1 Å². The number of anilines is 1. The zero-order chi connectivity index (χ0) is 16.0. The van der Waals surface area contributed by atoms with Crippen molar-refractivity contribution in [3.8, 4) is 0 Å². The maximum atomic E-state index is 12.5. The number of hydrogen-bond donors (Lipinski definition) is 2. The summed E-state index contributed by atoms with van der Waals surface area (Å²) in [7, 11) is 1.32. The third kappa shape index (κ3) is 3.61. The molecule has 0 fully saturated rings. The van der Waals surface area contributed by atoms with Crippen molar-refractivity contribution in [3.63, 3.8) is 0 Å². The molecule has 0 bridgehead atoms. The number of methoxy groups -OCH3 is 1. The van der Waals surface area contributed by atoms with E-state index >= 15 is 0 Å². The summed E-state index contributed by atoms with van der Waals surface area (Å²) in [6.07, 6.45) is 1.29. The summed E-state index contributed by atoms with van der Waals surface area (Å²) in [5, 5.41) is 2.83. The largest absolute Gasteiger partial charge is 0.465 e. The number of carbonyl (C=O) groups is 2. The van der Waals surface area contributed by atoms with Gasteiger partial charge in [0.2, 0.25) is 5.91 Å². The normalized spacial score (nSPS) is 11.1. The van der Waals surface area contributed by atoms with Gasteiger partial charge in [0.25, 0.3) is 0 Å². The van der Waals surface area contributed by atoms with Gasteiger partial charge in [0.1, 0.15) is 0 Å². The molecular formula is C16H24N2O3. The minimum absolute atomic E-state index is 0.163. The van der Waals surface area contributed by atoms with Crippen molar-refractivity contribution in [3.05, 3.63) is 29.3 Å². The molecule has 1 rings (SSSR count). The number of rotatable bonds is 6. The molecule has 0 unspecified atom stereocenters. The maximum absolute atomic E-state index is 12.5. The Balaban J connectivity index is 3.13. The monoisotopic (exact) mass is 292 g/mol. The molecule has 0 aromatic heterocycles. The van der Waals surface area contributed by atoms with Gasteiger partial charge in [-0.15, -0.1) is 0 Å². The first-order valence-corrected chi connectivity index (χ1v) is 7.14. The third-order valence-electron chi connectivity index (χ3n) is 4.05. The molecule has 0 aliphatic carbocycles. The molecule has 116 valence electrons. The van der Waals surface area contributed by atoms with Gasteiger partial charge in [-0.3, -0.25) is 4.79 Å². The number of amides is 1. The molecule has 0 atom stereocenters. The van der Waals surface area contributed by atoms with Crippen LogP contribution in [0.2, 0.25) is 0 Å². The van der Waals surface area contributed by atoms with Crippen molar-refractivity contribution < 1.29 is 14.3 Å². The average molecular weight is 292 g/mol. The lowest BCUT2D eigenvalue weighted by Gasteiger charge is -2.28. The van der Waals surface area contributed by atoms with E-state index in [1.807, 2.05) is 26.8 Å². The van der Waals surface area contributed by atoms with Crippen LogP contribution in [-0.2, 0) is 9.53 Å². The molecule has 0 heterocycles. The molecule has 1 amide bonds. The van der Waals surface area contributed by atoms with E-state index in [0.29, 0.717) is 24.1 Å². The van der Waals surface area contributed by atoms with Crippen LogP contribution < -0.4 is 11.1 Å². The predicted octanol–water partition coefficient (Wildman–Crippen LogP) is 2.49. The van der Waals surface area contributed by atoms with E-state index in [2.05, 4.69) is 5.32 Å². The number of nitrogens with two attached hydrogens (primary N) is 1. The first kappa shape index (κ1) is 17.2. The Labute approximate surface area is 125 Å². The summed E-state index contributed by atoms with van der Waals surface area (Å²) in [6, 6.07) is 5.25. The van der Waals surface area contributed by atoms with Crippen LogP contribution >= 0.6 is 0 Å². The SMILES string of the molecule is CCC(CC)(CN)C(=O)Nc1ccc(C)cc1C(=O)OC. The molecule has 0 saturated carbocycles.